The van der Waals surface area contributed by atoms with Crippen LogP contribution in [0.1, 0.15) is 23.2 Å². The Kier molecular flexibility index (Phi) is 4.84. The van der Waals surface area contributed by atoms with E-state index in [-0.39, 0.29) is 17.2 Å². The van der Waals surface area contributed by atoms with E-state index >= 15 is 0 Å². The van der Waals surface area contributed by atoms with Gasteiger partial charge in [-0.3, -0.25) is 4.79 Å². The lowest BCUT2D eigenvalue weighted by molar-refractivity contribution is 0.0678. The lowest BCUT2D eigenvalue weighted by Crippen LogP contribution is -2.30. The van der Waals surface area contributed by atoms with E-state index in [1.807, 2.05) is 0 Å². The first-order valence-electron chi connectivity index (χ1n) is 6.82. The van der Waals surface area contributed by atoms with Crippen LogP contribution in [-0.2, 0) is 4.74 Å². The molecular weight excluding hydrogens is 258 g/mol. The number of nitrogens with zero attached hydrogens (tertiary/aromatic N) is 1. The van der Waals surface area contributed by atoms with Gasteiger partial charge in [-0.05, 0) is 30.9 Å². The van der Waals surface area contributed by atoms with E-state index in [2.05, 4.69) is 0 Å². The molecule has 1 saturated carbocycles. The smallest absolute Gasteiger partial charge is 0.257 e. The van der Waals surface area contributed by atoms with Gasteiger partial charge in [-0.2, -0.15) is 0 Å². The number of ether oxygens (including phenoxy) is 2. The lowest BCUT2D eigenvalue weighted by atomic mass is 10.1. The maximum atomic E-state index is 12.2. The van der Waals surface area contributed by atoms with E-state index in [9.17, 15) is 9.90 Å². The molecule has 0 atom stereocenters. The van der Waals surface area contributed by atoms with Crippen molar-refractivity contribution in [1.82, 2.24) is 4.90 Å². The molecular formula is C15H21NO4. The first-order chi connectivity index (χ1) is 9.63. The Bertz CT molecular complexity index is 471. The van der Waals surface area contributed by atoms with Crippen LogP contribution in [0.25, 0.3) is 0 Å². The Labute approximate surface area is 119 Å². The molecule has 0 bridgehead atoms. The van der Waals surface area contributed by atoms with Crippen molar-refractivity contribution in [3.63, 3.8) is 0 Å². The minimum Gasteiger partial charge on any atom is -0.504 e. The summed E-state index contributed by atoms with van der Waals surface area (Å²) < 4.78 is 10.5. The molecule has 1 fully saturated rings. The van der Waals surface area contributed by atoms with Crippen molar-refractivity contribution in [2.75, 3.05) is 33.9 Å². The topological polar surface area (TPSA) is 59.0 Å². The van der Waals surface area contributed by atoms with Crippen LogP contribution >= 0.6 is 0 Å². The largest absolute Gasteiger partial charge is 0.504 e. The molecule has 1 aliphatic rings. The molecule has 1 N–H and O–H groups in total. The Morgan fingerprint density at radius 3 is 2.85 bits per heavy atom. The van der Waals surface area contributed by atoms with E-state index in [0.717, 1.165) is 12.5 Å². The third kappa shape index (κ3) is 3.63. The van der Waals surface area contributed by atoms with Gasteiger partial charge in [0.1, 0.15) is 0 Å². The molecule has 0 saturated heterocycles. The molecule has 0 aromatic heterocycles. The molecule has 2 rings (SSSR count). The normalized spacial score (nSPS) is 14.1. The Hall–Kier alpha value is -1.75. The standard InChI is InChI=1S/C15H21NO4/c1-16(8-9-20-10-11-6-7-11)15(18)12-4-3-5-13(19-2)14(12)17/h3-5,11,17H,6-10H2,1-2H3. The van der Waals surface area contributed by atoms with Gasteiger partial charge in [-0.15, -0.1) is 0 Å². The van der Waals surface area contributed by atoms with Gasteiger partial charge in [-0.1, -0.05) is 6.07 Å². The molecule has 0 heterocycles. The van der Waals surface area contributed by atoms with Gasteiger partial charge in [0, 0.05) is 20.2 Å². The summed E-state index contributed by atoms with van der Waals surface area (Å²) in [7, 11) is 3.15. The number of para-hydroxylation sites is 1. The van der Waals surface area contributed by atoms with E-state index in [4.69, 9.17) is 9.47 Å². The number of methoxy groups -OCH3 is 1. The van der Waals surface area contributed by atoms with Crippen LogP contribution in [0.5, 0.6) is 11.5 Å². The lowest BCUT2D eigenvalue weighted by Gasteiger charge is -2.18. The monoisotopic (exact) mass is 279 g/mol. The summed E-state index contributed by atoms with van der Waals surface area (Å²) in [5, 5.41) is 9.96. The van der Waals surface area contributed by atoms with Crippen molar-refractivity contribution in [3.8, 4) is 11.5 Å². The Morgan fingerprint density at radius 2 is 2.20 bits per heavy atom. The molecule has 110 valence electrons. The van der Waals surface area contributed by atoms with Crippen LogP contribution in [0.4, 0.5) is 0 Å². The fourth-order valence-electron chi connectivity index (χ4n) is 1.90. The zero-order valence-electron chi connectivity index (χ0n) is 12.0. The van der Waals surface area contributed by atoms with Gasteiger partial charge in [0.15, 0.2) is 11.5 Å². The quantitative estimate of drug-likeness (QED) is 0.774. The first-order valence-corrected chi connectivity index (χ1v) is 6.82. The summed E-state index contributed by atoms with van der Waals surface area (Å²) in [5.74, 6) is 0.662. The second-order valence-electron chi connectivity index (χ2n) is 5.10. The summed E-state index contributed by atoms with van der Waals surface area (Å²) in [4.78, 5) is 13.8. The fraction of sp³-hybridized carbons (Fsp3) is 0.533. The van der Waals surface area contributed by atoms with Crippen LogP contribution in [0.15, 0.2) is 18.2 Å². The van der Waals surface area contributed by atoms with Gasteiger partial charge in [0.05, 0.1) is 19.3 Å². The number of phenolic OH excluding ortho intramolecular Hbond substituents is 1. The second kappa shape index (κ2) is 6.61. The zero-order chi connectivity index (χ0) is 14.5. The highest BCUT2D eigenvalue weighted by Gasteiger charge is 2.22. The van der Waals surface area contributed by atoms with Crippen molar-refractivity contribution >= 4 is 5.91 Å². The minimum atomic E-state index is -0.239. The Balaban J connectivity index is 1.88. The number of carbonyl (C=O) groups is 1. The summed E-state index contributed by atoms with van der Waals surface area (Å²) in [6.07, 6.45) is 2.51. The van der Waals surface area contributed by atoms with E-state index in [1.165, 1.54) is 20.0 Å². The average molecular weight is 279 g/mol. The maximum absolute atomic E-state index is 12.2. The third-order valence-electron chi connectivity index (χ3n) is 3.42. The second-order valence-corrected chi connectivity index (χ2v) is 5.10. The van der Waals surface area contributed by atoms with Crippen molar-refractivity contribution in [2.45, 2.75) is 12.8 Å². The van der Waals surface area contributed by atoms with Crippen LogP contribution < -0.4 is 4.74 Å². The van der Waals surface area contributed by atoms with Crippen LogP contribution in [0, 0.1) is 5.92 Å². The number of benzene rings is 1. The number of carbonyl (C=O) groups excluding carboxylic acids is 1. The zero-order valence-corrected chi connectivity index (χ0v) is 12.0. The number of rotatable bonds is 7. The molecule has 5 nitrogen and oxygen atoms in total. The van der Waals surface area contributed by atoms with Crippen molar-refractivity contribution in [1.29, 1.82) is 0 Å². The molecule has 20 heavy (non-hydrogen) atoms. The maximum Gasteiger partial charge on any atom is 0.257 e. The summed E-state index contributed by atoms with van der Waals surface area (Å²) in [6, 6.07) is 4.88. The highest BCUT2D eigenvalue weighted by Crippen LogP contribution is 2.30. The predicted octanol–water partition coefficient (Wildman–Crippen LogP) is 1.90. The fourth-order valence-corrected chi connectivity index (χ4v) is 1.90. The summed E-state index contributed by atoms with van der Waals surface area (Å²) in [6.45, 7) is 1.80. The van der Waals surface area contributed by atoms with Gasteiger partial charge < -0.3 is 19.5 Å². The molecule has 5 heteroatoms. The first kappa shape index (κ1) is 14.7. The molecule has 1 aromatic rings. The van der Waals surface area contributed by atoms with Gasteiger partial charge in [-0.25, -0.2) is 0 Å². The number of aromatic hydroxyl groups is 1. The highest BCUT2D eigenvalue weighted by molar-refractivity contribution is 5.97. The van der Waals surface area contributed by atoms with Crippen LogP contribution in [0.3, 0.4) is 0 Å². The molecule has 0 spiro atoms. The molecule has 1 aliphatic carbocycles. The Morgan fingerprint density at radius 1 is 1.45 bits per heavy atom. The number of phenols is 1. The summed E-state index contributed by atoms with van der Waals surface area (Å²) >= 11 is 0. The predicted molar refractivity (Wildman–Crippen MR) is 75.2 cm³/mol. The molecule has 1 aromatic carbocycles. The average Bonchev–Trinajstić information content (AvgIpc) is 3.27. The summed E-state index contributed by atoms with van der Waals surface area (Å²) in [5.41, 5.74) is 0.244. The van der Waals surface area contributed by atoms with E-state index in [1.54, 1.807) is 30.1 Å². The van der Waals surface area contributed by atoms with E-state index in [0.29, 0.717) is 18.9 Å². The van der Waals surface area contributed by atoms with Crippen molar-refractivity contribution in [2.24, 2.45) is 5.92 Å². The number of likely N-dealkylation sites (N-methyl/N-ethyl adjacent to an activating group) is 1. The molecule has 0 unspecified atom stereocenters. The van der Waals surface area contributed by atoms with Gasteiger partial charge in [0.2, 0.25) is 0 Å². The molecule has 1 amide bonds. The minimum absolute atomic E-state index is 0.120. The van der Waals surface area contributed by atoms with Gasteiger partial charge in [0.25, 0.3) is 5.91 Å². The number of amides is 1. The number of hydrogen-bond donors (Lipinski definition) is 1. The van der Waals surface area contributed by atoms with Crippen LogP contribution in [0.2, 0.25) is 0 Å². The van der Waals surface area contributed by atoms with Gasteiger partial charge >= 0.3 is 0 Å². The number of hydrogen-bond acceptors (Lipinski definition) is 4. The van der Waals surface area contributed by atoms with E-state index < -0.39 is 0 Å². The van der Waals surface area contributed by atoms with Crippen LogP contribution in [-0.4, -0.2) is 49.8 Å². The SMILES string of the molecule is COc1cccc(C(=O)N(C)CCOCC2CC2)c1O. The van der Waals surface area contributed by atoms with Crippen molar-refractivity contribution in [3.05, 3.63) is 23.8 Å². The molecule has 0 aliphatic heterocycles. The van der Waals surface area contributed by atoms with Crippen molar-refractivity contribution < 1.29 is 19.4 Å². The molecule has 0 radical (unpaired) electrons. The highest BCUT2D eigenvalue weighted by atomic mass is 16.5. The third-order valence-corrected chi connectivity index (χ3v) is 3.42.